The van der Waals surface area contributed by atoms with Crippen LogP contribution in [-0.4, -0.2) is 100 Å². The van der Waals surface area contributed by atoms with Crippen LogP contribution in [0.25, 0.3) is 0 Å². The molecular formula is C62H39F25N12O14. The normalized spacial score (nSPS) is 11.3. The second-order valence-electron chi connectivity index (χ2n) is 20.4. The van der Waals surface area contributed by atoms with Crippen LogP contribution in [-0.2, 0) is 52.1 Å². The first-order chi connectivity index (χ1) is 51.5. The molecule has 0 radical (unpaired) electrons. The van der Waals surface area contributed by atoms with Crippen LogP contribution in [0.4, 0.5) is 161 Å². The van der Waals surface area contributed by atoms with Gasteiger partial charge in [0, 0.05) is 48.6 Å². The number of carbonyl (C=O) groups is 10. The molecule has 0 aliphatic heterocycles. The zero-order chi connectivity index (χ0) is 87.1. The number of nitro benzene ring substituents is 1. The highest BCUT2D eigenvalue weighted by molar-refractivity contribution is 6.05. The van der Waals surface area contributed by atoms with E-state index in [0.29, 0.717) is 36.4 Å². The Bertz CT molecular complexity index is 4770. The molecule has 113 heavy (non-hydrogen) atoms. The molecule has 0 aliphatic carbocycles. The molecule has 9 amide bonds. The van der Waals surface area contributed by atoms with Crippen LogP contribution >= 0.6 is 0 Å². The first-order valence-corrected chi connectivity index (χ1v) is 28.5. The van der Waals surface area contributed by atoms with Gasteiger partial charge >= 0.3 is 84.9 Å². The van der Waals surface area contributed by atoms with Crippen LogP contribution in [0.5, 0.6) is 0 Å². The number of hydrogen-bond acceptors (Lipinski definition) is 15. The number of nitrogens with zero attached hydrogens (tertiary/aromatic N) is 3. The van der Waals surface area contributed by atoms with Crippen LogP contribution in [0.3, 0.4) is 0 Å². The number of anilines is 8. The van der Waals surface area contributed by atoms with Crippen molar-refractivity contribution in [1.29, 1.82) is 10.5 Å². The number of nitrogens with two attached hydrogens (primary N) is 1. The van der Waals surface area contributed by atoms with Crippen molar-refractivity contribution in [3.05, 3.63) is 194 Å². The van der Waals surface area contributed by atoms with Crippen molar-refractivity contribution in [1.82, 2.24) is 0 Å². The maximum atomic E-state index is 13.5. The summed E-state index contributed by atoms with van der Waals surface area (Å²) in [5.74, 6) is -17.0. The smallest absolute Gasteiger partial charge is 0.471 e. The van der Waals surface area contributed by atoms with Crippen molar-refractivity contribution in [2.75, 3.05) is 42.5 Å². The highest BCUT2D eigenvalue weighted by Crippen LogP contribution is 2.41. The minimum absolute atomic E-state index is 0.0231. The number of nitro groups is 1. The molecule has 0 saturated heterocycles. The van der Waals surface area contributed by atoms with Crippen molar-refractivity contribution in [3.8, 4) is 12.1 Å². The average Bonchev–Trinajstić information content (AvgIpc) is 1.10. The Balaban J connectivity index is 0.000000470. The quantitative estimate of drug-likeness (QED) is 0.0309. The number of carboxylic acid groups (broad SMARTS) is 1. The number of alkyl halides is 24. The number of carbonyl (C=O) groups excluding carboxylic acids is 9. The van der Waals surface area contributed by atoms with E-state index < -0.39 is 170 Å². The number of primary amides is 1. The number of hydrogen-bond donors (Lipinski definition) is 10. The van der Waals surface area contributed by atoms with E-state index in [0.717, 1.165) is 77.5 Å². The maximum Gasteiger partial charge on any atom is 0.471 e. The molecule has 0 bridgehead atoms. The summed E-state index contributed by atoms with van der Waals surface area (Å²) in [4.78, 5) is 117. The van der Waals surface area contributed by atoms with E-state index in [1.807, 2.05) is 5.32 Å². The van der Waals surface area contributed by atoms with Gasteiger partial charge in [0.05, 0.1) is 73.0 Å². The lowest BCUT2D eigenvalue weighted by Gasteiger charge is -2.16. The van der Waals surface area contributed by atoms with Gasteiger partial charge in [-0.25, -0.2) is 9.18 Å². The van der Waals surface area contributed by atoms with Gasteiger partial charge < -0.3 is 57.8 Å². The number of amides is 9. The predicted octanol–water partition coefficient (Wildman–Crippen LogP) is 15.0. The summed E-state index contributed by atoms with van der Waals surface area (Å²) in [5.41, 5.74) is -6.39. The van der Waals surface area contributed by atoms with E-state index in [9.17, 15) is 168 Å². The minimum Gasteiger partial charge on any atom is -0.475 e. The Morgan fingerprint density at radius 3 is 1.06 bits per heavy atom. The topological polar surface area (TPSA) is 417 Å². The van der Waals surface area contributed by atoms with Crippen molar-refractivity contribution >= 4 is 110 Å². The average molecular weight is 1650 g/mol. The Hall–Kier alpha value is -14.1. The van der Waals surface area contributed by atoms with E-state index in [2.05, 4.69) is 15.1 Å². The third kappa shape index (κ3) is 31.6. The summed E-state index contributed by atoms with van der Waals surface area (Å²) in [7, 11) is 0. The summed E-state index contributed by atoms with van der Waals surface area (Å²) < 4.78 is 314. The molecule has 26 nitrogen and oxygen atoms in total. The van der Waals surface area contributed by atoms with Gasteiger partial charge in [0.25, 0.3) is 11.6 Å². The summed E-state index contributed by atoms with van der Waals surface area (Å²) >= 11 is 0. The van der Waals surface area contributed by atoms with E-state index >= 15 is 0 Å². The summed E-state index contributed by atoms with van der Waals surface area (Å²) in [5, 5.41) is 48.8. The molecule has 0 aliphatic rings. The first-order valence-electron chi connectivity index (χ1n) is 28.5. The minimum atomic E-state index is -5.39. The Morgan fingerprint density at radius 2 is 0.752 bits per heavy atom. The fourth-order valence-corrected chi connectivity index (χ4v) is 7.26. The molecule has 606 valence electrons. The number of rotatable bonds is 12. The highest BCUT2D eigenvalue weighted by Gasteiger charge is 2.45. The summed E-state index contributed by atoms with van der Waals surface area (Å²) in [6.07, 6.45) is -40.2. The van der Waals surface area contributed by atoms with E-state index in [1.54, 1.807) is 17.5 Å². The molecule has 51 heteroatoms. The lowest BCUT2D eigenvalue weighted by molar-refractivity contribution is -0.385. The number of non-ortho nitro benzene ring substituents is 1. The number of benzene rings is 6. The van der Waals surface area contributed by atoms with Crippen molar-refractivity contribution in [2.24, 2.45) is 5.73 Å². The Kier molecular flexibility index (Phi) is 32.6. The molecule has 1 heterocycles. The lowest BCUT2D eigenvalue weighted by Crippen LogP contribution is -2.31. The van der Waals surface area contributed by atoms with E-state index in [1.165, 1.54) is 48.8 Å². The molecule has 6 aromatic carbocycles. The van der Waals surface area contributed by atoms with Crippen LogP contribution in [0, 0.1) is 38.6 Å². The van der Waals surface area contributed by atoms with E-state index in [-0.39, 0.29) is 51.3 Å². The summed E-state index contributed by atoms with van der Waals surface area (Å²) in [6, 6.07) is 22.1. The number of aromatic carboxylic acids is 1. The zero-order valence-corrected chi connectivity index (χ0v) is 54.8. The van der Waals surface area contributed by atoms with Crippen molar-refractivity contribution in [2.45, 2.75) is 63.3 Å². The Labute approximate surface area is 609 Å². The maximum absolute atomic E-state index is 13.5. The number of nitriles is 2. The zero-order valence-electron chi connectivity index (χ0n) is 54.8. The highest BCUT2D eigenvalue weighted by atomic mass is 19.4. The fraction of sp³-hybridized carbons (Fsp3) is 0.161. The van der Waals surface area contributed by atoms with E-state index in [4.69, 9.17) is 21.4 Å². The largest absolute Gasteiger partial charge is 0.475 e. The molecular weight excluding hydrogens is 1610 g/mol. The van der Waals surface area contributed by atoms with Crippen LogP contribution in [0.15, 0.2) is 138 Å². The third-order valence-electron chi connectivity index (χ3n) is 12.0. The van der Waals surface area contributed by atoms with Gasteiger partial charge in [0.1, 0.15) is 18.0 Å². The van der Waals surface area contributed by atoms with Crippen molar-refractivity contribution in [3.63, 3.8) is 0 Å². The molecule has 7 rings (SSSR count). The van der Waals surface area contributed by atoms with Crippen LogP contribution in [0.1, 0.15) is 72.9 Å². The van der Waals surface area contributed by atoms with Gasteiger partial charge in [0.15, 0.2) is 0 Å². The fourth-order valence-electron chi connectivity index (χ4n) is 7.26. The third-order valence-corrected chi connectivity index (χ3v) is 12.0. The summed E-state index contributed by atoms with van der Waals surface area (Å²) in [6.45, 7) is 2.29. The molecule has 0 unspecified atom stereocenters. The van der Waals surface area contributed by atoms with Crippen LogP contribution in [0.2, 0.25) is 0 Å². The van der Waals surface area contributed by atoms with Gasteiger partial charge in [-0.1, -0.05) is 12.1 Å². The van der Waals surface area contributed by atoms with Gasteiger partial charge in [0.2, 0.25) is 23.5 Å². The molecule has 0 atom stereocenters. The second-order valence-corrected chi connectivity index (χ2v) is 20.4. The van der Waals surface area contributed by atoms with Gasteiger partial charge in [-0.15, -0.1) is 0 Å². The number of halogens is 25. The van der Waals surface area contributed by atoms with Crippen LogP contribution < -0.4 is 48.3 Å². The number of nitrogens with one attached hydrogen (secondary N) is 8. The molecule has 0 saturated carbocycles. The molecule has 0 fully saturated rings. The molecule has 1 aromatic heterocycles. The SMILES string of the molecule is CC(=O)Nc1ccc(NC(=O)C(F)(F)F)c(C#N)c1.CC(=O)Nc1ccc(NC(=O)C(F)(F)F)c(C(F)(F)F)c1.N#Cc1cc(C(N)=O)ccc1NC(=O)C(F)(F)F.O=C(Nc1ccc(NC(=O)C(F)(F)F)c(C(F)(F)F)c1)c1ccccc1F.O=C(Nc1ccc([N+](=O)[O-])cc1C(F)(F)F)C(F)(F)F.O=C(O)c1ccco1. The number of carboxylic acids is 1. The number of furan rings is 1. The lowest BCUT2D eigenvalue weighted by atomic mass is 10.1. The molecule has 11 N–H and O–H groups in total. The predicted molar refractivity (Wildman–Crippen MR) is 334 cm³/mol. The van der Waals surface area contributed by atoms with Crippen molar-refractivity contribution < 1.29 is 172 Å². The Morgan fingerprint density at radius 1 is 0.425 bits per heavy atom. The standard InChI is InChI=1S/C16H9F7N2O2.C11H8F6N2O2.C11H8F3N3O2.C10H6F3N3O2.C9H4F6N2O3.C5H4O3/c17-11-4-2-1-3-9(11)13(26)24-8-5-6-12(10(7-8)15(18,19)20)25-14(27)16(21,22)23;1-5(20)18-6-2-3-8(7(4-6)10(12,13)14)19-9(21)11(15,16)17;1-6(18)16-8-2-3-9(7(4-8)5-15)17-10(19)11(12,13)14;11-10(12,13)9(18)16-7-2-1-5(8(15)17)3-6(7)4-14;10-8(11,12)5-3-4(17(19)20)1-2-6(5)16-7(18)9(13,14)15;6-5(7)4-2-1-3-8-4/h1-7H,(H,24,26)(H,25,27);2-4H,1H3,(H,18,20)(H,19,21);2-4H,1H3,(H,16,18)(H,17,19);1-3H,(H2,15,17)(H,16,18);1-3H,(H,16,18);1-3H,(H,6,7). The monoisotopic (exact) mass is 1650 g/mol. The second kappa shape index (κ2) is 38.8. The molecule has 0 spiro atoms. The molecule has 7 aromatic rings. The van der Waals surface area contributed by atoms with Gasteiger partial charge in [-0.3, -0.25) is 53.3 Å². The first kappa shape index (κ1) is 95.0. The van der Waals surface area contributed by atoms with Gasteiger partial charge in [-0.2, -0.15) is 116 Å². The van der Waals surface area contributed by atoms with Gasteiger partial charge in [-0.05, 0) is 103 Å².